The Bertz CT molecular complexity index is 802. The summed E-state index contributed by atoms with van der Waals surface area (Å²) in [5.41, 5.74) is 3.79. The Labute approximate surface area is 156 Å². The molecule has 3 atom stereocenters. The monoisotopic (exact) mass is 433 g/mol. The molecular formula is C20H20INO2. The maximum atomic E-state index is 5.69. The summed E-state index contributed by atoms with van der Waals surface area (Å²) >= 11 is 2.39. The van der Waals surface area contributed by atoms with E-state index in [2.05, 4.69) is 64.3 Å². The Morgan fingerprint density at radius 3 is 2.75 bits per heavy atom. The summed E-state index contributed by atoms with van der Waals surface area (Å²) in [6.07, 6.45) is 5.75. The molecule has 24 heavy (non-hydrogen) atoms. The lowest BCUT2D eigenvalue weighted by atomic mass is 9.77. The number of anilines is 1. The van der Waals surface area contributed by atoms with Crippen LogP contribution in [0.1, 0.15) is 29.5 Å². The SMILES string of the molecule is COc1cccc([C@@H]2Nc3ccc(I)cc3[C@H]3C=CC[C@H]32)c1OC. The van der Waals surface area contributed by atoms with Crippen LogP contribution in [-0.4, -0.2) is 14.2 Å². The number of benzene rings is 2. The van der Waals surface area contributed by atoms with Crippen LogP contribution in [0, 0.1) is 9.49 Å². The van der Waals surface area contributed by atoms with Crippen LogP contribution < -0.4 is 14.8 Å². The molecule has 2 aliphatic rings. The van der Waals surface area contributed by atoms with Gasteiger partial charge in [0, 0.05) is 20.7 Å². The van der Waals surface area contributed by atoms with Crippen molar-refractivity contribution >= 4 is 28.3 Å². The van der Waals surface area contributed by atoms with Gasteiger partial charge in [-0.15, -0.1) is 0 Å². The average Bonchev–Trinajstić information content (AvgIpc) is 3.10. The highest BCUT2D eigenvalue weighted by Crippen LogP contribution is 2.52. The minimum absolute atomic E-state index is 0.211. The van der Waals surface area contributed by atoms with Crippen molar-refractivity contribution in [1.82, 2.24) is 0 Å². The fraction of sp³-hybridized carbons (Fsp3) is 0.300. The molecule has 0 saturated heterocycles. The molecule has 124 valence electrons. The second-order valence-corrected chi connectivity index (χ2v) is 7.54. The van der Waals surface area contributed by atoms with Crippen molar-refractivity contribution in [3.05, 3.63) is 63.2 Å². The van der Waals surface area contributed by atoms with E-state index in [0.29, 0.717) is 11.8 Å². The van der Waals surface area contributed by atoms with Crippen molar-refractivity contribution in [2.24, 2.45) is 5.92 Å². The summed E-state index contributed by atoms with van der Waals surface area (Å²) in [5.74, 6) is 2.57. The van der Waals surface area contributed by atoms with E-state index < -0.39 is 0 Å². The molecule has 1 heterocycles. The molecule has 0 unspecified atom stereocenters. The van der Waals surface area contributed by atoms with E-state index in [-0.39, 0.29) is 6.04 Å². The molecule has 0 amide bonds. The molecule has 0 aromatic heterocycles. The number of ether oxygens (including phenoxy) is 2. The number of rotatable bonds is 3. The van der Waals surface area contributed by atoms with Gasteiger partial charge in [-0.2, -0.15) is 0 Å². The normalized spacial score (nSPS) is 24.0. The van der Waals surface area contributed by atoms with Gasteiger partial charge in [0.25, 0.3) is 0 Å². The quantitative estimate of drug-likeness (QED) is 0.538. The van der Waals surface area contributed by atoms with Gasteiger partial charge in [0.1, 0.15) is 0 Å². The fourth-order valence-electron chi connectivity index (χ4n) is 4.03. The summed E-state index contributed by atoms with van der Waals surface area (Å²) < 4.78 is 12.5. The predicted octanol–water partition coefficient (Wildman–Crippen LogP) is 5.13. The van der Waals surface area contributed by atoms with E-state index in [4.69, 9.17) is 9.47 Å². The highest BCUT2D eigenvalue weighted by molar-refractivity contribution is 14.1. The van der Waals surface area contributed by atoms with E-state index in [0.717, 1.165) is 17.9 Å². The van der Waals surface area contributed by atoms with Crippen molar-refractivity contribution in [1.29, 1.82) is 0 Å². The van der Waals surface area contributed by atoms with Crippen LogP contribution in [0.15, 0.2) is 48.6 Å². The zero-order valence-corrected chi connectivity index (χ0v) is 15.9. The van der Waals surface area contributed by atoms with E-state index in [1.165, 1.54) is 20.4 Å². The number of fused-ring (bicyclic) bond motifs is 3. The summed E-state index contributed by atoms with van der Waals surface area (Å²) in [6.45, 7) is 0. The topological polar surface area (TPSA) is 30.5 Å². The first-order valence-corrected chi connectivity index (χ1v) is 9.24. The molecule has 4 rings (SSSR count). The third-order valence-electron chi connectivity index (χ3n) is 5.09. The van der Waals surface area contributed by atoms with Gasteiger partial charge in [0.2, 0.25) is 0 Å². The van der Waals surface area contributed by atoms with Crippen LogP contribution in [0.4, 0.5) is 5.69 Å². The number of para-hydroxylation sites is 1. The molecule has 0 fully saturated rings. The van der Waals surface area contributed by atoms with Gasteiger partial charge in [0.05, 0.1) is 20.3 Å². The van der Waals surface area contributed by atoms with E-state index in [1.54, 1.807) is 14.2 Å². The van der Waals surface area contributed by atoms with Crippen LogP contribution in [0.2, 0.25) is 0 Å². The maximum Gasteiger partial charge on any atom is 0.165 e. The first kappa shape index (κ1) is 15.8. The molecule has 0 radical (unpaired) electrons. The van der Waals surface area contributed by atoms with Crippen molar-refractivity contribution in [3.63, 3.8) is 0 Å². The molecular weight excluding hydrogens is 413 g/mol. The zero-order chi connectivity index (χ0) is 16.7. The minimum atomic E-state index is 0.211. The molecule has 1 aliphatic heterocycles. The van der Waals surface area contributed by atoms with Crippen LogP contribution in [0.5, 0.6) is 11.5 Å². The maximum absolute atomic E-state index is 5.69. The number of nitrogens with one attached hydrogen (secondary N) is 1. The van der Waals surface area contributed by atoms with Gasteiger partial charge in [-0.3, -0.25) is 0 Å². The molecule has 2 aromatic rings. The highest BCUT2D eigenvalue weighted by atomic mass is 127. The van der Waals surface area contributed by atoms with Crippen LogP contribution in [0.3, 0.4) is 0 Å². The molecule has 4 heteroatoms. The summed E-state index contributed by atoms with van der Waals surface area (Å²) in [7, 11) is 3.40. The van der Waals surface area contributed by atoms with Gasteiger partial charge < -0.3 is 14.8 Å². The predicted molar refractivity (Wildman–Crippen MR) is 105 cm³/mol. The lowest BCUT2D eigenvalue weighted by molar-refractivity contribution is 0.341. The van der Waals surface area contributed by atoms with Gasteiger partial charge in [-0.25, -0.2) is 0 Å². The van der Waals surface area contributed by atoms with Crippen LogP contribution in [-0.2, 0) is 0 Å². The van der Waals surface area contributed by atoms with Gasteiger partial charge in [-0.05, 0) is 64.8 Å². The Morgan fingerprint density at radius 1 is 1.08 bits per heavy atom. The van der Waals surface area contributed by atoms with Crippen molar-refractivity contribution in [2.45, 2.75) is 18.4 Å². The second kappa shape index (κ2) is 6.31. The number of hydrogen-bond donors (Lipinski definition) is 1. The Morgan fingerprint density at radius 2 is 1.96 bits per heavy atom. The van der Waals surface area contributed by atoms with Gasteiger partial charge in [-0.1, -0.05) is 24.3 Å². The van der Waals surface area contributed by atoms with Crippen molar-refractivity contribution in [3.8, 4) is 11.5 Å². The van der Waals surface area contributed by atoms with Gasteiger partial charge in [0.15, 0.2) is 11.5 Å². The standard InChI is InChI=1S/C20H20INO2/c1-23-18-8-4-7-15(20(18)24-2)19-14-6-3-5-13(14)16-11-12(21)9-10-17(16)22-19/h3-5,7-11,13-14,19,22H,6H2,1-2H3/t13-,14+,19+/m0/s1. The second-order valence-electron chi connectivity index (χ2n) is 6.29. The van der Waals surface area contributed by atoms with E-state index in [9.17, 15) is 0 Å². The number of halogens is 1. The van der Waals surface area contributed by atoms with Crippen molar-refractivity contribution < 1.29 is 9.47 Å². The first-order chi connectivity index (χ1) is 11.7. The summed E-state index contributed by atoms with van der Waals surface area (Å²) in [6, 6.07) is 13.0. The van der Waals surface area contributed by atoms with Crippen LogP contribution >= 0.6 is 22.6 Å². The summed E-state index contributed by atoms with van der Waals surface area (Å²) in [4.78, 5) is 0. The molecule has 3 nitrogen and oxygen atoms in total. The van der Waals surface area contributed by atoms with Gasteiger partial charge >= 0.3 is 0 Å². The third-order valence-corrected chi connectivity index (χ3v) is 5.76. The first-order valence-electron chi connectivity index (χ1n) is 8.16. The largest absolute Gasteiger partial charge is 0.493 e. The molecule has 1 aliphatic carbocycles. The third kappa shape index (κ3) is 2.48. The molecule has 2 aromatic carbocycles. The Kier molecular flexibility index (Phi) is 4.16. The van der Waals surface area contributed by atoms with Crippen molar-refractivity contribution in [2.75, 3.05) is 19.5 Å². The Hall–Kier alpha value is -1.69. The smallest absolute Gasteiger partial charge is 0.165 e. The fourth-order valence-corrected chi connectivity index (χ4v) is 4.55. The lowest BCUT2D eigenvalue weighted by Gasteiger charge is -2.38. The number of methoxy groups -OCH3 is 2. The molecule has 0 bridgehead atoms. The number of hydrogen-bond acceptors (Lipinski definition) is 3. The Balaban J connectivity index is 1.82. The summed E-state index contributed by atoms with van der Waals surface area (Å²) in [5, 5.41) is 3.76. The zero-order valence-electron chi connectivity index (χ0n) is 13.8. The number of allylic oxidation sites excluding steroid dienone is 2. The molecule has 0 saturated carbocycles. The highest BCUT2D eigenvalue weighted by Gasteiger charge is 2.39. The van der Waals surface area contributed by atoms with Crippen LogP contribution in [0.25, 0.3) is 0 Å². The molecule has 0 spiro atoms. The van der Waals surface area contributed by atoms with E-state index in [1.807, 2.05) is 12.1 Å². The lowest BCUT2D eigenvalue weighted by Crippen LogP contribution is -2.29. The van der Waals surface area contributed by atoms with E-state index >= 15 is 0 Å². The minimum Gasteiger partial charge on any atom is -0.493 e. The average molecular weight is 433 g/mol. The molecule has 1 N–H and O–H groups in total.